The van der Waals surface area contributed by atoms with Crippen LogP contribution in [-0.4, -0.2) is 48.3 Å². The number of nitrogen functional groups attached to an aromatic ring is 1. The summed E-state index contributed by atoms with van der Waals surface area (Å²) in [5.41, 5.74) is 8.56. The largest absolute Gasteiger partial charge is 0.545 e. The lowest BCUT2D eigenvalue weighted by molar-refractivity contribution is -0.894. The summed E-state index contributed by atoms with van der Waals surface area (Å²) in [4.78, 5) is 22.1. The van der Waals surface area contributed by atoms with Crippen molar-refractivity contribution >= 4 is 32.6 Å². The van der Waals surface area contributed by atoms with Crippen molar-refractivity contribution in [2.45, 2.75) is 38.8 Å². The van der Waals surface area contributed by atoms with Crippen LogP contribution in [0.3, 0.4) is 0 Å². The number of nitrogens with two attached hydrogens (primary N) is 1. The molecule has 1 aliphatic carbocycles. The van der Waals surface area contributed by atoms with E-state index in [2.05, 4.69) is 30.7 Å². The van der Waals surface area contributed by atoms with Crippen LogP contribution in [-0.2, 0) is 23.1 Å². The third-order valence-electron chi connectivity index (χ3n) is 8.51. The van der Waals surface area contributed by atoms with Gasteiger partial charge in [-0.05, 0) is 74.9 Å². The summed E-state index contributed by atoms with van der Waals surface area (Å²) >= 11 is 0. The van der Waals surface area contributed by atoms with Gasteiger partial charge in [-0.15, -0.1) is 0 Å². The molecular formula is C38H40N6O5S. The number of benzene rings is 3. The molecule has 2 aliphatic rings. The maximum atomic E-state index is 14.6. The molecule has 2 aromatic heterocycles. The number of quaternary nitrogens is 1. The van der Waals surface area contributed by atoms with Crippen LogP contribution in [0.25, 0.3) is 33.4 Å². The van der Waals surface area contributed by atoms with E-state index < -0.39 is 16.0 Å². The number of aromatic nitrogens is 2. The van der Waals surface area contributed by atoms with Gasteiger partial charge in [0.2, 0.25) is 10.0 Å². The maximum Gasteiger partial charge on any atom is 0.249 e. The van der Waals surface area contributed by atoms with Crippen molar-refractivity contribution in [1.82, 2.24) is 14.3 Å². The highest BCUT2D eigenvalue weighted by Gasteiger charge is 2.34. The molecular weight excluding hydrogens is 653 g/mol. The topological polar surface area (TPSA) is 171 Å². The SMILES string of the molecule is CC[NH+](CC)CC.N=c1ccc2c(-c3ccccc3C(=O)[O-])c3ccc(N)cc3oc-2c1S(=O)(=O)N(Cc1ccccn1)Cc1ccccn1. The molecule has 0 bridgehead atoms. The molecule has 4 N–H and O–H groups in total. The van der Waals surface area contributed by atoms with Crippen LogP contribution in [0.2, 0.25) is 0 Å². The van der Waals surface area contributed by atoms with Crippen molar-refractivity contribution < 1.29 is 27.6 Å². The number of carboxylic acid groups (broad SMARTS) is 1. The van der Waals surface area contributed by atoms with Crippen molar-refractivity contribution in [2.75, 3.05) is 25.4 Å². The van der Waals surface area contributed by atoms with E-state index in [0.29, 0.717) is 39.2 Å². The van der Waals surface area contributed by atoms with Crippen LogP contribution in [0.15, 0.2) is 113 Å². The molecule has 6 rings (SSSR count). The number of fused-ring (bicyclic) bond motifs is 2. The Balaban J connectivity index is 0.000000630. The Kier molecular flexibility index (Phi) is 11.4. The minimum atomic E-state index is -4.45. The smallest absolute Gasteiger partial charge is 0.249 e. The van der Waals surface area contributed by atoms with Crippen molar-refractivity contribution in [3.63, 3.8) is 0 Å². The highest BCUT2D eigenvalue weighted by atomic mass is 32.2. The number of anilines is 1. The average molecular weight is 693 g/mol. The molecule has 4 aromatic rings. The number of aromatic carboxylic acids is 1. The zero-order valence-electron chi connectivity index (χ0n) is 28.2. The number of hydrogen-bond acceptors (Lipinski definition) is 9. The van der Waals surface area contributed by atoms with Gasteiger partial charge in [0.25, 0.3) is 0 Å². The molecule has 11 nitrogen and oxygen atoms in total. The summed E-state index contributed by atoms with van der Waals surface area (Å²) in [5.74, 6) is -1.50. The van der Waals surface area contributed by atoms with E-state index in [1.165, 1.54) is 42.1 Å². The van der Waals surface area contributed by atoms with Gasteiger partial charge in [0.05, 0.1) is 55.4 Å². The molecule has 0 amide bonds. The number of nitrogens with one attached hydrogen (secondary N) is 2. The van der Waals surface area contributed by atoms with Gasteiger partial charge >= 0.3 is 0 Å². The Hall–Kier alpha value is -5.43. The van der Waals surface area contributed by atoms with Crippen LogP contribution in [0.5, 0.6) is 0 Å². The molecule has 0 saturated heterocycles. The number of carbonyl (C=O) groups excluding carboxylic acids is 1. The van der Waals surface area contributed by atoms with Gasteiger partial charge in [-0.25, -0.2) is 8.42 Å². The fourth-order valence-electron chi connectivity index (χ4n) is 5.82. The van der Waals surface area contributed by atoms with Crippen molar-refractivity contribution in [1.29, 1.82) is 5.41 Å². The Morgan fingerprint density at radius 3 is 1.98 bits per heavy atom. The summed E-state index contributed by atoms with van der Waals surface area (Å²) in [5, 5.41) is 21.1. The Bertz CT molecular complexity index is 2180. The molecule has 50 heavy (non-hydrogen) atoms. The van der Waals surface area contributed by atoms with Crippen LogP contribution in [0.1, 0.15) is 42.5 Å². The van der Waals surface area contributed by atoms with Gasteiger partial charge < -0.3 is 25.0 Å². The highest BCUT2D eigenvalue weighted by Crippen LogP contribution is 2.44. The lowest BCUT2D eigenvalue weighted by Gasteiger charge is -2.25. The van der Waals surface area contributed by atoms with E-state index in [9.17, 15) is 18.3 Å². The molecule has 0 saturated carbocycles. The second kappa shape index (κ2) is 15.9. The summed E-state index contributed by atoms with van der Waals surface area (Å²) in [6.45, 7) is 10.3. The molecule has 0 atom stereocenters. The fraction of sp³-hybridized carbons (Fsp3) is 0.211. The van der Waals surface area contributed by atoms with Gasteiger partial charge in [-0.1, -0.05) is 36.4 Å². The molecule has 0 unspecified atom stereocenters. The first-order valence-electron chi connectivity index (χ1n) is 16.4. The zero-order valence-corrected chi connectivity index (χ0v) is 29.0. The normalized spacial score (nSPS) is 11.5. The number of nitrogens with zero attached hydrogens (tertiary/aromatic N) is 3. The summed E-state index contributed by atoms with van der Waals surface area (Å²) < 4.78 is 36.6. The Labute approximate surface area is 291 Å². The van der Waals surface area contributed by atoms with E-state index in [1.807, 2.05) is 0 Å². The van der Waals surface area contributed by atoms with Gasteiger partial charge in [-0.3, -0.25) is 15.4 Å². The van der Waals surface area contributed by atoms with E-state index in [-0.39, 0.29) is 40.2 Å². The fourth-order valence-corrected chi connectivity index (χ4v) is 7.42. The Morgan fingerprint density at radius 1 is 0.840 bits per heavy atom. The second-order valence-electron chi connectivity index (χ2n) is 11.6. The molecule has 0 spiro atoms. The van der Waals surface area contributed by atoms with E-state index in [1.54, 1.807) is 90.1 Å². The van der Waals surface area contributed by atoms with E-state index in [4.69, 9.17) is 15.6 Å². The minimum absolute atomic E-state index is 0.0839. The zero-order chi connectivity index (χ0) is 35.8. The lowest BCUT2D eigenvalue weighted by Crippen LogP contribution is -3.11. The van der Waals surface area contributed by atoms with E-state index in [0.717, 1.165) is 0 Å². The number of sulfonamides is 1. The number of carboxylic acids is 1. The predicted octanol–water partition coefficient (Wildman–Crippen LogP) is 3.74. The van der Waals surface area contributed by atoms with Gasteiger partial charge in [-0.2, -0.15) is 4.31 Å². The second-order valence-corrected chi connectivity index (χ2v) is 13.5. The first-order valence-corrected chi connectivity index (χ1v) is 17.8. The third-order valence-corrected chi connectivity index (χ3v) is 10.4. The predicted molar refractivity (Wildman–Crippen MR) is 190 cm³/mol. The summed E-state index contributed by atoms with van der Waals surface area (Å²) in [6, 6.07) is 24.5. The van der Waals surface area contributed by atoms with Gasteiger partial charge in [0, 0.05) is 46.2 Å². The van der Waals surface area contributed by atoms with Crippen molar-refractivity contribution in [2.24, 2.45) is 0 Å². The first-order chi connectivity index (χ1) is 24.1. The monoisotopic (exact) mass is 692 g/mol. The molecule has 2 aromatic carbocycles. The molecule has 3 heterocycles. The molecule has 0 radical (unpaired) electrons. The standard InChI is InChI=1S/C32H25N5O5S.C6H15N/c33-20-11-12-25-28(17-20)42-30-26(29(25)23-9-1-2-10-24(23)32(38)39)13-14-27(34)31(30)43(40,41)37(18-21-7-3-5-15-35-21)19-22-8-4-6-16-36-22;1-4-7(5-2)6-3/h1-17,34H,18-19,33H2,(H,38,39);4-6H2,1-3H3. The average Bonchev–Trinajstić information content (AvgIpc) is 3.12. The summed E-state index contributed by atoms with van der Waals surface area (Å²) in [6.07, 6.45) is 3.14. The quantitative estimate of drug-likeness (QED) is 0.136. The van der Waals surface area contributed by atoms with Crippen LogP contribution < -0.4 is 21.1 Å². The highest BCUT2D eigenvalue weighted by molar-refractivity contribution is 7.89. The number of carbonyl (C=O) groups is 1. The molecule has 1 aliphatic heterocycles. The van der Waals surface area contributed by atoms with Gasteiger partial charge in [0.15, 0.2) is 10.7 Å². The lowest BCUT2D eigenvalue weighted by atomic mass is 9.90. The van der Waals surface area contributed by atoms with E-state index >= 15 is 0 Å². The number of rotatable bonds is 11. The molecule has 258 valence electrons. The minimum Gasteiger partial charge on any atom is -0.545 e. The van der Waals surface area contributed by atoms with Crippen LogP contribution >= 0.6 is 0 Å². The number of pyridine rings is 2. The van der Waals surface area contributed by atoms with Crippen molar-refractivity contribution in [3.8, 4) is 22.5 Å². The molecule has 0 fully saturated rings. The molecule has 12 heteroatoms. The first kappa shape index (κ1) is 35.9. The summed E-state index contributed by atoms with van der Waals surface area (Å²) in [7, 11) is -4.45. The Morgan fingerprint density at radius 2 is 1.44 bits per heavy atom. The third kappa shape index (κ3) is 7.73. The van der Waals surface area contributed by atoms with Crippen LogP contribution in [0, 0.1) is 5.41 Å². The maximum absolute atomic E-state index is 14.6. The van der Waals surface area contributed by atoms with Crippen LogP contribution in [0.4, 0.5) is 5.69 Å². The van der Waals surface area contributed by atoms with Crippen molar-refractivity contribution in [3.05, 3.63) is 126 Å². The number of hydrogen-bond donors (Lipinski definition) is 3. The van der Waals surface area contributed by atoms with Gasteiger partial charge in [0.1, 0.15) is 5.58 Å².